The third-order valence-electron chi connectivity index (χ3n) is 7.09. The van der Waals surface area contributed by atoms with Crippen LogP contribution in [0.3, 0.4) is 0 Å². The quantitative estimate of drug-likeness (QED) is 0.691. The minimum absolute atomic E-state index is 0.0785. The molecular weight excluding hydrogens is 414 g/mol. The average molecular weight is 441 g/mol. The Morgan fingerprint density at radius 1 is 1.00 bits per heavy atom. The molecule has 32 heavy (non-hydrogen) atoms. The molecule has 4 aliphatic rings. The van der Waals surface area contributed by atoms with E-state index in [-0.39, 0.29) is 47.4 Å². The summed E-state index contributed by atoms with van der Waals surface area (Å²) in [6.45, 7) is 3.56. The number of hydrogen-bond donors (Lipinski definition) is 1. The number of aliphatic hydroxyl groups excluding tert-OH is 1. The van der Waals surface area contributed by atoms with Crippen LogP contribution in [0.15, 0.2) is 29.3 Å². The first kappa shape index (κ1) is 21.5. The molecule has 3 aliphatic heterocycles. The number of likely N-dealkylation sites (N-methyl/N-ethyl adjacent to an activating group) is 1. The van der Waals surface area contributed by atoms with Gasteiger partial charge < -0.3 is 24.2 Å². The van der Waals surface area contributed by atoms with Crippen molar-refractivity contribution in [3.8, 4) is 0 Å². The molecule has 3 heterocycles. The Morgan fingerprint density at radius 2 is 1.72 bits per heavy atom. The number of Topliss-reactive ketones (excluding diaryl/α,β-unsaturated/α-hetero) is 2. The molecule has 2 saturated heterocycles. The Kier molecular flexibility index (Phi) is 5.09. The maximum absolute atomic E-state index is 13.5. The van der Waals surface area contributed by atoms with E-state index in [9.17, 15) is 19.5 Å². The van der Waals surface area contributed by atoms with Crippen LogP contribution in [0, 0.1) is 0 Å². The molecule has 0 saturated carbocycles. The van der Waals surface area contributed by atoms with E-state index < -0.39 is 30.4 Å². The highest BCUT2D eigenvalue weighted by Gasteiger charge is 2.51. The van der Waals surface area contributed by atoms with Gasteiger partial charge in [0.1, 0.15) is 6.10 Å². The monoisotopic (exact) mass is 441 g/mol. The molecule has 0 aromatic heterocycles. The summed E-state index contributed by atoms with van der Waals surface area (Å²) in [6.07, 6.45) is -2.63. The minimum atomic E-state index is -0.831. The topological polar surface area (TPSA) is 102 Å². The molecule has 1 N–H and O–H groups in total. The van der Waals surface area contributed by atoms with Gasteiger partial charge in [0, 0.05) is 22.7 Å². The van der Waals surface area contributed by atoms with Gasteiger partial charge in [-0.1, -0.05) is 6.07 Å². The van der Waals surface area contributed by atoms with Gasteiger partial charge in [-0.15, -0.1) is 0 Å². The summed E-state index contributed by atoms with van der Waals surface area (Å²) in [6, 6.07) is 5.09. The van der Waals surface area contributed by atoms with E-state index >= 15 is 0 Å². The second-order valence-electron chi connectivity index (χ2n) is 9.31. The third kappa shape index (κ3) is 3.16. The fourth-order valence-electron chi connectivity index (χ4n) is 5.40. The zero-order chi connectivity index (χ0) is 22.9. The number of aliphatic hydroxyl groups is 1. The summed E-state index contributed by atoms with van der Waals surface area (Å²) in [7, 11) is 3.83. The van der Waals surface area contributed by atoms with Crippen molar-refractivity contribution in [3.63, 3.8) is 0 Å². The molecule has 1 aliphatic carbocycles. The van der Waals surface area contributed by atoms with Gasteiger partial charge in [0.2, 0.25) is 0 Å². The number of carbonyl (C=O) groups excluding carboxylic acids is 3. The molecule has 8 nitrogen and oxygen atoms in total. The van der Waals surface area contributed by atoms with E-state index in [0.29, 0.717) is 17.5 Å². The van der Waals surface area contributed by atoms with Crippen molar-refractivity contribution in [1.29, 1.82) is 0 Å². The summed E-state index contributed by atoms with van der Waals surface area (Å²) in [4.78, 5) is 40.7. The van der Waals surface area contributed by atoms with Crippen LogP contribution in [0.25, 0.3) is 0 Å². The molecule has 8 heteroatoms. The Hall–Kier alpha value is -2.39. The summed E-state index contributed by atoms with van der Waals surface area (Å²) < 4.78 is 17.3. The molecule has 0 bridgehead atoms. The molecule has 0 radical (unpaired) electrons. The van der Waals surface area contributed by atoms with Crippen LogP contribution in [-0.2, 0) is 19.0 Å². The van der Waals surface area contributed by atoms with Crippen LogP contribution >= 0.6 is 0 Å². The van der Waals surface area contributed by atoms with Crippen molar-refractivity contribution in [3.05, 3.63) is 46.0 Å². The van der Waals surface area contributed by atoms with Gasteiger partial charge in [-0.2, -0.15) is 0 Å². The van der Waals surface area contributed by atoms with Gasteiger partial charge in [-0.25, -0.2) is 0 Å². The second kappa shape index (κ2) is 7.59. The molecule has 170 valence electrons. The Bertz CT molecular complexity index is 1040. The largest absolute Gasteiger partial charge is 0.454 e. The lowest BCUT2D eigenvalue weighted by atomic mass is 9.76. The van der Waals surface area contributed by atoms with Crippen molar-refractivity contribution in [2.75, 3.05) is 14.1 Å². The Balaban J connectivity index is 1.52. The number of esters is 1. The number of benzene rings is 1. The Morgan fingerprint density at radius 3 is 2.44 bits per heavy atom. The van der Waals surface area contributed by atoms with Crippen molar-refractivity contribution in [1.82, 2.24) is 4.90 Å². The maximum atomic E-state index is 13.5. The summed E-state index contributed by atoms with van der Waals surface area (Å²) in [5.41, 5.74) is 1.93. The zero-order valence-electron chi connectivity index (χ0n) is 18.5. The molecule has 5 rings (SSSR count). The van der Waals surface area contributed by atoms with Crippen LogP contribution in [0.1, 0.15) is 59.1 Å². The first-order valence-electron chi connectivity index (χ1n) is 11.0. The van der Waals surface area contributed by atoms with Gasteiger partial charge in [0.15, 0.2) is 17.7 Å². The van der Waals surface area contributed by atoms with Crippen molar-refractivity contribution in [2.45, 2.75) is 69.4 Å². The zero-order valence-corrected chi connectivity index (χ0v) is 18.5. The van der Waals surface area contributed by atoms with Crippen LogP contribution in [-0.4, -0.2) is 78.2 Å². The van der Waals surface area contributed by atoms with E-state index in [2.05, 4.69) is 0 Å². The Labute approximate surface area is 186 Å². The lowest BCUT2D eigenvalue weighted by molar-refractivity contribution is -0.142. The molecule has 0 amide bonds. The van der Waals surface area contributed by atoms with E-state index in [4.69, 9.17) is 14.2 Å². The van der Waals surface area contributed by atoms with Gasteiger partial charge >= 0.3 is 5.97 Å². The highest BCUT2D eigenvalue weighted by molar-refractivity contribution is 6.28. The average Bonchev–Trinajstić information content (AvgIpc) is 3.12. The number of ether oxygens (including phenoxy) is 3. The lowest BCUT2D eigenvalue weighted by Crippen LogP contribution is -2.50. The maximum Gasteiger partial charge on any atom is 0.309 e. The second-order valence-corrected chi connectivity index (χ2v) is 9.31. The molecular formula is C24H27NO7. The van der Waals surface area contributed by atoms with Gasteiger partial charge in [-0.05, 0) is 52.1 Å². The fourth-order valence-corrected chi connectivity index (χ4v) is 5.40. The highest BCUT2D eigenvalue weighted by Crippen LogP contribution is 2.42. The fraction of sp³-hybridized carbons (Fsp3) is 0.542. The van der Waals surface area contributed by atoms with Crippen LogP contribution in [0.2, 0.25) is 0 Å². The summed E-state index contributed by atoms with van der Waals surface area (Å²) in [5.74, 6) is -0.998. The lowest BCUT2D eigenvalue weighted by Gasteiger charge is -2.41. The smallest absolute Gasteiger partial charge is 0.309 e. The SMILES string of the molecule is C[C@H]1O[C@@H]2CC(=O)O[C@@H]2C2=C1C(=O)c1cc(C3C[C@@H](N(C)C)[C@H](O)[C@@H](C)O3)ccc1C2=O. The first-order chi connectivity index (χ1) is 15.2. The molecule has 7 atom stereocenters. The van der Waals surface area contributed by atoms with Gasteiger partial charge in [0.05, 0.1) is 36.4 Å². The highest BCUT2D eigenvalue weighted by atomic mass is 16.6. The van der Waals surface area contributed by atoms with Crippen molar-refractivity contribution < 1.29 is 33.7 Å². The molecule has 1 aromatic rings. The summed E-state index contributed by atoms with van der Waals surface area (Å²) >= 11 is 0. The predicted molar refractivity (Wildman–Crippen MR) is 112 cm³/mol. The molecule has 2 fully saturated rings. The number of nitrogens with zero attached hydrogens (tertiary/aromatic N) is 1. The van der Waals surface area contributed by atoms with Crippen LogP contribution < -0.4 is 0 Å². The van der Waals surface area contributed by atoms with Gasteiger partial charge in [0.25, 0.3) is 0 Å². The van der Waals surface area contributed by atoms with E-state index in [0.717, 1.165) is 5.56 Å². The van der Waals surface area contributed by atoms with E-state index in [1.165, 1.54) is 0 Å². The number of rotatable bonds is 2. The molecule has 0 spiro atoms. The number of carbonyl (C=O) groups is 3. The normalized spacial score (nSPS) is 36.7. The minimum Gasteiger partial charge on any atom is -0.454 e. The van der Waals surface area contributed by atoms with E-state index in [1.54, 1.807) is 25.1 Å². The molecule has 1 unspecified atom stereocenters. The summed E-state index contributed by atoms with van der Waals surface area (Å²) in [5, 5.41) is 10.5. The van der Waals surface area contributed by atoms with Gasteiger partial charge in [-0.3, -0.25) is 14.4 Å². The number of ketones is 2. The molecule has 1 aromatic carbocycles. The third-order valence-corrected chi connectivity index (χ3v) is 7.09. The first-order valence-corrected chi connectivity index (χ1v) is 11.0. The van der Waals surface area contributed by atoms with Crippen LogP contribution in [0.5, 0.6) is 0 Å². The predicted octanol–water partition coefficient (Wildman–Crippen LogP) is 1.61. The van der Waals surface area contributed by atoms with E-state index in [1.807, 2.05) is 25.9 Å². The van der Waals surface area contributed by atoms with Crippen molar-refractivity contribution in [2.24, 2.45) is 0 Å². The van der Waals surface area contributed by atoms with Crippen molar-refractivity contribution >= 4 is 17.5 Å². The number of fused-ring (bicyclic) bond motifs is 3. The number of hydrogen-bond acceptors (Lipinski definition) is 8. The van der Waals surface area contributed by atoms with Crippen LogP contribution in [0.4, 0.5) is 0 Å². The standard InChI is InChI=1S/C24H27NO7/c1-10-19-20(24-17(30-10)9-18(26)32-24)22(28)13-6-5-12(7-14(13)23(19)29)16-8-15(25(3)4)21(27)11(2)31-16/h5-7,10-11,15-17,21,24,27H,8-9H2,1-4H3/t10-,11-,15-,16?,17-,21-,24+/m1/s1.